The quantitative estimate of drug-likeness (QED) is 0.849. The summed E-state index contributed by atoms with van der Waals surface area (Å²) in [5.74, 6) is 0.138. The van der Waals surface area contributed by atoms with Crippen LogP contribution in [0.1, 0.15) is 10.5 Å². The maximum Gasteiger partial charge on any atom is 0.362 e. The van der Waals surface area contributed by atoms with Crippen LogP contribution in [0.4, 0.5) is 5.82 Å². The minimum absolute atomic E-state index is 0.0181. The Balaban J connectivity index is 2.61. The zero-order chi connectivity index (χ0) is 15.6. The van der Waals surface area contributed by atoms with Gasteiger partial charge in [0, 0.05) is 12.1 Å². The number of esters is 1. The predicted molar refractivity (Wildman–Crippen MR) is 75.2 cm³/mol. The highest BCUT2D eigenvalue weighted by atomic mass is 35.5. The number of aromatic nitrogens is 3. The van der Waals surface area contributed by atoms with Gasteiger partial charge in [0.05, 0.1) is 26.4 Å². The lowest BCUT2D eigenvalue weighted by Crippen LogP contribution is -2.08. The van der Waals surface area contributed by atoms with Crippen LogP contribution in [0, 0.1) is 0 Å². The van der Waals surface area contributed by atoms with Gasteiger partial charge in [-0.1, -0.05) is 16.8 Å². The molecule has 1 heterocycles. The first-order chi connectivity index (χ1) is 10.0. The zero-order valence-electron chi connectivity index (χ0n) is 11.6. The second-order valence-electron chi connectivity index (χ2n) is 3.89. The van der Waals surface area contributed by atoms with Crippen LogP contribution in [0.5, 0.6) is 11.5 Å². The molecule has 2 rings (SSSR count). The third-order valence-corrected chi connectivity index (χ3v) is 3.06. The van der Waals surface area contributed by atoms with Crippen molar-refractivity contribution in [2.24, 2.45) is 0 Å². The highest BCUT2D eigenvalue weighted by Crippen LogP contribution is 2.35. The standard InChI is InChI=1S/C12H13ClN4O4/c1-19-8-5-7(9(20-2)4-6(8)13)17-11(14)10(15-16-17)12(18)21-3/h4-5H,14H2,1-3H3. The summed E-state index contributed by atoms with van der Waals surface area (Å²) in [5.41, 5.74) is 6.21. The lowest BCUT2D eigenvalue weighted by molar-refractivity contribution is 0.0595. The van der Waals surface area contributed by atoms with E-state index in [0.717, 1.165) is 0 Å². The van der Waals surface area contributed by atoms with Crippen LogP contribution >= 0.6 is 11.6 Å². The Morgan fingerprint density at radius 3 is 2.48 bits per heavy atom. The van der Waals surface area contributed by atoms with Crippen molar-refractivity contribution in [1.82, 2.24) is 15.0 Å². The first-order valence-electron chi connectivity index (χ1n) is 5.74. The second-order valence-corrected chi connectivity index (χ2v) is 4.29. The van der Waals surface area contributed by atoms with Gasteiger partial charge < -0.3 is 19.9 Å². The Hall–Kier alpha value is -2.48. The number of hydrogen-bond acceptors (Lipinski definition) is 7. The summed E-state index contributed by atoms with van der Waals surface area (Å²) >= 11 is 6.03. The molecule has 0 saturated heterocycles. The van der Waals surface area contributed by atoms with Crippen LogP contribution in [0.15, 0.2) is 12.1 Å². The predicted octanol–water partition coefficient (Wildman–Crippen LogP) is 1.31. The summed E-state index contributed by atoms with van der Waals surface area (Å²) in [7, 11) is 4.17. The third-order valence-electron chi connectivity index (χ3n) is 2.77. The number of hydrogen-bond donors (Lipinski definition) is 1. The van der Waals surface area contributed by atoms with Crippen molar-refractivity contribution >= 4 is 23.4 Å². The number of halogens is 1. The number of carbonyl (C=O) groups excluding carboxylic acids is 1. The highest BCUT2D eigenvalue weighted by molar-refractivity contribution is 6.32. The van der Waals surface area contributed by atoms with Crippen LogP contribution in [0.2, 0.25) is 5.02 Å². The monoisotopic (exact) mass is 312 g/mol. The van der Waals surface area contributed by atoms with Crippen molar-refractivity contribution in [2.75, 3.05) is 27.1 Å². The summed E-state index contributed by atoms with van der Waals surface area (Å²) in [4.78, 5) is 11.5. The molecule has 8 nitrogen and oxygen atoms in total. The van der Waals surface area contributed by atoms with Gasteiger partial charge in [0.1, 0.15) is 17.2 Å². The molecule has 9 heteroatoms. The smallest absolute Gasteiger partial charge is 0.362 e. The normalized spacial score (nSPS) is 10.3. The fourth-order valence-electron chi connectivity index (χ4n) is 1.72. The molecule has 2 N–H and O–H groups in total. The van der Waals surface area contributed by atoms with Crippen LogP contribution in [0.25, 0.3) is 5.69 Å². The van der Waals surface area contributed by atoms with E-state index in [2.05, 4.69) is 15.0 Å². The van der Waals surface area contributed by atoms with E-state index in [1.807, 2.05) is 0 Å². The molecule has 1 aromatic heterocycles. The maximum atomic E-state index is 11.5. The number of carbonyl (C=O) groups is 1. The molecular weight excluding hydrogens is 300 g/mol. The van der Waals surface area contributed by atoms with Gasteiger partial charge in [-0.3, -0.25) is 0 Å². The molecule has 0 amide bonds. The van der Waals surface area contributed by atoms with Gasteiger partial charge in [0.25, 0.3) is 0 Å². The molecule has 0 spiro atoms. The van der Waals surface area contributed by atoms with Crippen molar-refractivity contribution in [1.29, 1.82) is 0 Å². The first-order valence-corrected chi connectivity index (χ1v) is 6.12. The number of ether oxygens (including phenoxy) is 3. The molecule has 0 aliphatic heterocycles. The van der Waals surface area contributed by atoms with Gasteiger partial charge in [0.15, 0.2) is 5.82 Å². The van der Waals surface area contributed by atoms with Crippen molar-refractivity contribution in [3.8, 4) is 17.2 Å². The molecule has 0 fully saturated rings. The van der Waals surface area contributed by atoms with Crippen LogP contribution in [-0.4, -0.2) is 42.3 Å². The zero-order valence-corrected chi connectivity index (χ0v) is 12.3. The van der Waals surface area contributed by atoms with Crippen LogP contribution in [0.3, 0.4) is 0 Å². The van der Waals surface area contributed by atoms with E-state index < -0.39 is 5.97 Å². The van der Waals surface area contributed by atoms with Crippen molar-refractivity contribution in [3.05, 3.63) is 22.8 Å². The number of anilines is 1. The Morgan fingerprint density at radius 1 is 1.24 bits per heavy atom. The minimum Gasteiger partial charge on any atom is -0.495 e. The number of rotatable bonds is 4. The van der Waals surface area contributed by atoms with E-state index in [1.165, 1.54) is 26.0 Å². The number of benzene rings is 1. The first kappa shape index (κ1) is 14.9. The largest absolute Gasteiger partial charge is 0.495 e. The van der Waals surface area contributed by atoms with Crippen molar-refractivity contribution in [3.63, 3.8) is 0 Å². The lowest BCUT2D eigenvalue weighted by Gasteiger charge is -2.12. The van der Waals surface area contributed by atoms with Gasteiger partial charge in [-0.25, -0.2) is 4.79 Å². The molecule has 0 aliphatic rings. The molecule has 0 unspecified atom stereocenters. The number of nitrogens with zero attached hydrogens (tertiary/aromatic N) is 3. The van der Waals surface area contributed by atoms with Crippen LogP contribution in [-0.2, 0) is 4.74 Å². The van der Waals surface area contributed by atoms with E-state index in [-0.39, 0.29) is 11.5 Å². The van der Waals surface area contributed by atoms with Crippen molar-refractivity contribution < 1.29 is 19.0 Å². The molecule has 0 atom stereocenters. The topological polar surface area (TPSA) is 101 Å². The third kappa shape index (κ3) is 2.57. The number of methoxy groups -OCH3 is 3. The molecular formula is C12H13ClN4O4. The van der Waals surface area contributed by atoms with Gasteiger partial charge >= 0.3 is 5.97 Å². The van der Waals surface area contributed by atoms with Crippen molar-refractivity contribution in [2.45, 2.75) is 0 Å². The molecule has 0 aliphatic carbocycles. The summed E-state index contributed by atoms with van der Waals surface area (Å²) < 4.78 is 16.2. The van der Waals surface area contributed by atoms with E-state index in [0.29, 0.717) is 22.2 Å². The maximum absolute atomic E-state index is 11.5. The average Bonchev–Trinajstić information content (AvgIpc) is 2.87. The summed E-state index contributed by atoms with van der Waals surface area (Å²) in [5, 5.41) is 7.90. The number of nitrogens with two attached hydrogens (primary N) is 1. The van der Waals surface area contributed by atoms with E-state index in [1.54, 1.807) is 12.1 Å². The van der Waals surface area contributed by atoms with E-state index in [4.69, 9.17) is 26.8 Å². The summed E-state index contributed by atoms with van der Waals surface area (Å²) in [6.07, 6.45) is 0. The molecule has 1 aromatic carbocycles. The van der Waals surface area contributed by atoms with Crippen LogP contribution < -0.4 is 15.2 Å². The SMILES string of the molecule is COC(=O)c1nnn(-c2cc(OC)c(Cl)cc2OC)c1N. The molecule has 112 valence electrons. The van der Waals surface area contributed by atoms with Gasteiger partial charge in [-0.15, -0.1) is 5.10 Å². The summed E-state index contributed by atoms with van der Waals surface area (Å²) in [6, 6.07) is 3.13. The fourth-order valence-corrected chi connectivity index (χ4v) is 1.95. The highest BCUT2D eigenvalue weighted by Gasteiger charge is 2.21. The average molecular weight is 313 g/mol. The minimum atomic E-state index is -0.682. The fraction of sp³-hybridized carbons (Fsp3) is 0.250. The summed E-state index contributed by atoms with van der Waals surface area (Å²) in [6.45, 7) is 0. The van der Waals surface area contributed by atoms with E-state index >= 15 is 0 Å². The Morgan fingerprint density at radius 2 is 1.90 bits per heavy atom. The number of nitrogen functional groups attached to an aromatic ring is 1. The molecule has 0 saturated carbocycles. The molecule has 0 radical (unpaired) electrons. The molecule has 2 aromatic rings. The van der Waals surface area contributed by atoms with Gasteiger partial charge in [-0.2, -0.15) is 4.68 Å². The molecule has 0 bridgehead atoms. The Kier molecular flexibility index (Phi) is 4.18. The second kappa shape index (κ2) is 5.88. The lowest BCUT2D eigenvalue weighted by atomic mass is 10.2. The van der Waals surface area contributed by atoms with E-state index in [9.17, 15) is 4.79 Å². The van der Waals surface area contributed by atoms with Gasteiger partial charge in [0.2, 0.25) is 5.69 Å². The Bertz CT molecular complexity index is 686. The van der Waals surface area contributed by atoms with Gasteiger partial charge in [-0.05, 0) is 0 Å². The Labute approximate surface area is 125 Å². The molecule has 21 heavy (non-hydrogen) atoms.